The van der Waals surface area contributed by atoms with Crippen LogP contribution in [0.5, 0.6) is 0 Å². The molecule has 0 spiro atoms. The third-order valence-corrected chi connectivity index (χ3v) is 6.60. The van der Waals surface area contributed by atoms with Crippen molar-refractivity contribution in [3.63, 3.8) is 0 Å². The number of carbonyl (C=O) groups excluding carboxylic acids is 2. The summed E-state index contributed by atoms with van der Waals surface area (Å²) < 4.78 is 10.7. The maximum Gasteiger partial charge on any atom is 0.330 e. The van der Waals surface area contributed by atoms with Crippen molar-refractivity contribution >= 4 is 11.8 Å². The lowest BCUT2D eigenvalue weighted by molar-refractivity contribution is -0.553. The Hall–Kier alpha value is -1.28. The summed E-state index contributed by atoms with van der Waals surface area (Å²) >= 11 is 0. The Morgan fingerprint density at radius 1 is 1.16 bits per heavy atom. The van der Waals surface area contributed by atoms with Crippen LogP contribution in [0, 0.1) is 17.3 Å². The van der Waals surface area contributed by atoms with Crippen LogP contribution in [0.3, 0.4) is 0 Å². The van der Waals surface area contributed by atoms with Gasteiger partial charge >= 0.3 is 5.97 Å². The van der Waals surface area contributed by atoms with Crippen molar-refractivity contribution in [3.8, 4) is 0 Å². The lowest BCUT2D eigenvalue weighted by atomic mass is 9.43. The number of ether oxygens (including phenoxy) is 2. The van der Waals surface area contributed by atoms with E-state index in [1.807, 2.05) is 0 Å². The zero-order valence-electron chi connectivity index (χ0n) is 15.5. The summed E-state index contributed by atoms with van der Waals surface area (Å²) in [5, 5.41) is 0. The number of methoxy groups -OCH3 is 2. The summed E-state index contributed by atoms with van der Waals surface area (Å²) in [7, 11) is 2.78. The van der Waals surface area contributed by atoms with Gasteiger partial charge in [0.15, 0.2) is 0 Å². The Balaban J connectivity index is 1.74. The van der Waals surface area contributed by atoms with Crippen LogP contribution in [0.15, 0.2) is 12.2 Å². The SMILES string of the molecule is COC(CN1C(=O)C=CC1=O)(OC)OOC12CC(CCC1C)C2(C)C. The first-order chi connectivity index (χ1) is 11.7. The van der Waals surface area contributed by atoms with Crippen LogP contribution in [-0.4, -0.2) is 49.1 Å². The van der Waals surface area contributed by atoms with Gasteiger partial charge in [0.05, 0.1) is 0 Å². The zero-order valence-corrected chi connectivity index (χ0v) is 15.5. The second kappa shape index (κ2) is 6.16. The Bertz CT molecular complexity index is 578. The van der Waals surface area contributed by atoms with Crippen LogP contribution in [0.4, 0.5) is 0 Å². The van der Waals surface area contributed by atoms with Crippen LogP contribution in [0.25, 0.3) is 0 Å². The summed E-state index contributed by atoms with van der Waals surface area (Å²) in [6.45, 7) is 6.34. The Labute approximate surface area is 148 Å². The minimum atomic E-state index is -1.66. The first-order valence-corrected chi connectivity index (χ1v) is 8.72. The normalized spacial score (nSPS) is 33.7. The third kappa shape index (κ3) is 2.65. The van der Waals surface area contributed by atoms with Gasteiger partial charge in [0.2, 0.25) is 0 Å². The fourth-order valence-electron chi connectivity index (χ4n) is 4.53. The lowest BCUT2D eigenvalue weighted by Crippen LogP contribution is -2.69. The molecular formula is C18H27NO6. The molecule has 4 rings (SSSR count). The molecule has 0 radical (unpaired) electrons. The van der Waals surface area contributed by atoms with E-state index in [1.165, 1.54) is 32.8 Å². The summed E-state index contributed by atoms with van der Waals surface area (Å²) in [5.41, 5.74) is -0.436. The molecule has 2 amide bonds. The monoisotopic (exact) mass is 353 g/mol. The van der Waals surface area contributed by atoms with E-state index in [-0.39, 0.29) is 12.0 Å². The van der Waals surface area contributed by atoms with E-state index in [0.717, 1.165) is 17.7 Å². The van der Waals surface area contributed by atoms with E-state index < -0.39 is 23.4 Å². The number of carbonyl (C=O) groups is 2. The van der Waals surface area contributed by atoms with E-state index in [4.69, 9.17) is 19.2 Å². The Morgan fingerprint density at radius 2 is 1.76 bits per heavy atom. The predicted molar refractivity (Wildman–Crippen MR) is 87.8 cm³/mol. The molecule has 0 aromatic carbocycles. The van der Waals surface area contributed by atoms with Crippen LogP contribution in [0.2, 0.25) is 0 Å². The fraction of sp³-hybridized carbons (Fsp3) is 0.778. The fourth-order valence-corrected chi connectivity index (χ4v) is 4.53. The van der Waals surface area contributed by atoms with Gasteiger partial charge in [0.25, 0.3) is 11.8 Å². The van der Waals surface area contributed by atoms with Crippen LogP contribution in [0.1, 0.15) is 40.0 Å². The second-order valence-electron chi connectivity index (χ2n) is 7.84. The smallest absolute Gasteiger partial charge is 0.328 e. The molecule has 3 atom stereocenters. The third-order valence-electron chi connectivity index (χ3n) is 6.60. The molecule has 3 aliphatic carbocycles. The summed E-state index contributed by atoms with van der Waals surface area (Å²) in [4.78, 5) is 36.3. The molecule has 25 heavy (non-hydrogen) atoms. The standard InChI is InChI=1S/C18H27NO6/c1-12-6-7-13-10-17(12,16(13,2)3)24-25-18(22-4,23-5)11-19-14(20)8-9-15(19)21/h8-9,12-13H,6-7,10-11H2,1-5H3. The summed E-state index contributed by atoms with van der Waals surface area (Å²) in [5.74, 6) is -1.58. The highest BCUT2D eigenvalue weighted by molar-refractivity contribution is 6.12. The van der Waals surface area contributed by atoms with Crippen LogP contribution < -0.4 is 0 Å². The number of hydrogen-bond acceptors (Lipinski definition) is 6. The molecule has 2 bridgehead atoms. The van der Waals surface area contributed by atoms with Gasteiger partial charge in [0.1, 0.15) is 12.1 Å². The largest absolute Gasteiger partial charge is 0.330 e. The molecule has 0 saturated heterocycles. The summed E-state index contributed by atoms with van der Waals surface area (Å²) in [6, 6.07) is 0. The van der Waals surface area contributed by atoms with E-state index in [9.17, 15) is 9.59 Å². The molecule has 3 saturated carbocycles. The first-order valence-electron chi connectivity index (χ1n) is 8.72. The topological polar surface area (TPSA) is 74.3 Å². The number of hydrogen-bond donors (Lipinski definition) is 0. The van der Waals surface area contributed by atoms with Crippen LogP contribution >= 0.6 is 0 Å². The van der Waals surface area contributed by atoms with E-state index >= 15 is 0 Å². The highest BCUT2D eigenvalue weighted by Gasteiger charge is 2.67. The van der Waals surface area contributed by atoms with Gasteiger partial charge in [-0.1, -0.05) is 20.8 Å². The van der Waals surface area contributed by atoms with E-state index in [1.54, 1.807) is 0 Å². The minimum absolute atomic E-state index is 0.0152. The van der Waals surface area contributed by atoms with Crippen LogP contribution in [-0.2, 0) is 28.8 Å². The molecule has 1 heterocycles. The molecule has 140 valence electrons. The van der Waals surface area contributed by atoms with Gasteiger partial charge in [-0.2, -0.15) is 4.89 Å². The first kappa shape index (κ1) is 18.5. The van der Waals surface area contributed by atoms with Crippen molar-refractivity contribution in [2.75, 3.05) is 20.8 Å². The number of fused-ring (bicyclic) bond motifs is 2. The van der Waals surface area contributed by atoms with Crippen molar-refractivity contribution in [1.82, 2.24) is 4.90 Å². The summed E-state index contributed by atoms with van der Waals surface area (Å²) in [6.07, 6.45) is 5.62. The number of imide groups is 1. The van der Waals surface area contributed by atoms with Crippen molar-refractivity contribution < 1.29 is 28.8 Å². The van der Waals surface area contributed by atoms with Crippen molar-refractivity contribution in [3.05, 3.63) is 12.2 Å². The van der Waals surface area contributed by atoms with Crippen molar-refractivity contribution in [1.29, 1.82) is 0 Å². The molecule has 3 unspecified atom stereocenters. The molecule has 7 nitrogen and oxygen atoms in total. The molecule has 0 aromatic heterocycles. The van der Waals surface area contributed by atoms with Gasteiger partial charge in [-0.05, 0) is 31.1 Å². The maximum absolute atomic E-state index is 11.8. The average molecular weight is 353 g/mol. The zero-order chi connectivity index (χ0) is 18.5. The highest BCUT2D eigenvalue weighted by atomic mass is 17.3. The van der Waals surface area contributed by atoms with Crippen molar-refractivity contribution in [2.45, 2.75) is 51.6 Å². The maximum atomic E-state index is 11.8. The van der Waals surface area contributed by atoms with Gasteiger partial charge in [-0.3, -0.25) is 14.5 Å². The minimum Gasteiger partial charge on any atom is -0.328 e. The Morgan fingerprint density at radius 3 is 2.24 bits per heavy atom. The lowest BCUT2D eigenvalue weighted by Gasteiger charge is -2.66. The number of amides is 2. The Kier molecular flexibility index (Phi) is 4.56. The van der Waals surface area contributed by atoms with Gasteiger partial charge in [-0.25, -0.2) is 4.89 Å². The second-order valence-corrected chi connectivity index (χ2v) is 7.84. The van der Waals surface area contributed by atoms with Gasteiger partial charge in [-0.15, -0.1) is 0 Å². The van der Waals surface area contributed by atoms with Crippen molar-refractivity contribution in [2.24, 2.45) is 17.3 Å². The predicted octanol–water partition coefficient (Wildman–Crippen LogP) is 2.02. The average Bonchev–Trinajstić information content (AvgIpc) is 2.90. The molecular weight excluding hydrogens is 326 g/mol. The van der Waals surface area contributed by atoms with Gasteiger partial charge < -0.3 is 9.47 Å². The number of nitrogens with zero attached hydrogens (tertiary/aromatic N) is 1. The van der Waals surface area contributed by atoms with E-state index in [0.29, 0.717) is 11.8 Å². The molecule has 4 aliphatic rings. The molecule has 1 aliphatic heterocycles. The quantitative estimate of drug-likeness (QED) is 0.302. The molecule has 7 heteroatoms. The van der Waals surface area contributed by atoms with Gasteiger partial charge in [0, 0.05) is 31.8 Å². The molecule has 0 aromatic rings. The number of rotatable bonds is 7. The highest BCUT2D eigenvalue weighted by Crippen LogP contribution is 2.66. The molecule has 3 fully saturated rings. The van der Waals surface area contributed by atoms with E-state index in [2.05, 4.69) is 20.8 Å². The molecule has 0 N–H and O–H groups in total.